The minimum absolute atomic E-state index is 0.412. The van der Waals surface area contributed by atoms with Crippen LogP contribution < -0.4 is 5.32 Å². The summed E-state index contributed by atoms with van der Waals surface area (Å²) in [6.07, 6.45) is 2.63. The first-order chi connectivity index (χ1) is 6.69. The van der Waals surface area contributed by atoms with E-state index in [4.69, 9.17) is 0 Å². The molecule has 0 heterocycles. The Kier molecular flexibility index (Phi) is 2.67. The predicted molar refractivity (Wildman–Crippen MR) is 63.6 cm³/mol. The van der Waals surface area contributed by atoms with Crippen LogP contribution in [0, 0.1) is 0 Å². The Bertz CT molecular complexity index is 314. The number of hydrogen-bond donors (Lipinski definition) is 1. The van der Waals surface area contributed by atoms with E-state index >= 15 is 0 Å². The zero-order valence-corrected chi connectivity index (χ0v) is 10.3. The summed E-state index contributed by atoms with van der Waals surface area (Å²) in [5.74, 6) is 0. The molecule has 14 heavy (non-hydrogen) atoms. The molecule has 0 spiro atoms. The molecule has 1 aliphatic rings. The van der Waals surface area contributed by atoms with Crippen molar-refractivity contribution in [3.05, 3.63) is 34.3 Å². The van der Waals surface area contributed by atoms with Crippen molar-refractivity contribution in [1.29, 1.82) is 0 Å². The van der Waals surface area contributed by atoms with Crippen molar-refractivity contribution < 1.29 is 0 Å². The summed E-state index contributed by atoms with van der Waals surface area (Å²) in [6, 6.07) is 9.33. The molecular weight excluding hydrogens is 238 g/mol. The SMILES string of the molecule is CNC(C)C1(c2ccc(Br)cc2)CC1. The van der Waals surface area contributed by atoms with Crippen LogP contribution in [0.1, 0.15) is 25.3 Å². The Labute approximate surface area is 94.0 Å². The molecule has 1 unspecified atom stereocenters. The zero-order valence-electron chi connectivity index (χ0n) is 8.68. The van der Waals surface area contributed by atoms with Crippen LogP contribution in [0.5, 0.6) is 0 Å². The Morgan fingerprint density at radius 1 is 1.29 bits per heavy atom. The molecule has 2 rings (SSSR count). The molecule has 0 amide bonds. The van der Waals surface area contributed by atoms with E-state index in [2.05, 4.69) is 52.4 Å². The van der Waals surface area contributed by atoms with Gasteiger partial charge in [-0.05, 0) is 44.5 Å². The van der Waals surface area contributed by atoms with Gasteiger partial charge in [-0.1, -0.05) is 28.1 Å². The highest BCUT2D eigenvalue weighted by Gasteiger charge is 2.47. The van der Waals surface area contributed by atoms with Crippen LogP contribution in [0.4, 0.5) is 0 Å². The molecular formula is C12H16BrN. The van der Waals surface area contributed by atoms with Gasteiger partial charge in [-0.2, -0.15) is 0 Å². The lowest BCUT2D eigenvalue weighted by Gasteiger charge is -2.23. The van der Waals surface area contributed by atoms with Gasteiger partial charge >= 0.3 is 0 Å². The van der Waals surface area contributed by atoms with Crippen LogP contribution >= 0.6 is 15.9 Å². The Morgan fingerprint density at radius 3 is 2.29 bits per heavy atom. The average molecular weight is 254 g/mol. The van der Waals surface area contributed by atoms with Gasteiger partial charge in [0.25, 0.3) is 0 Å². The molecule has 1 fully saturated rings. The van der Waals surface area contributed by atoms with Crippen LogP contribution in [0.3, 0.4) is 0 Å². The van der Waals surface area contributed by atoms with E-state index in [0.29, 0.717) is 11.5 Å². The van der Waals surface area contributed by atoms with E-state index in [-0.39, 0.29) is 0 Å². The molecule has 1 N–H and O–H groups in total. The standard InChI is InChI=1S/C12H16BrN/c1-9(14-2)12(7-8-12)10-3-5-11(13)6-4-10/h3-6,9,14H,7-8H2,1-2H3. The lowest BCUT2D eigenvalue weighted by molar-refractivity contribution is 0.479. The molecule has 76 valence electrons. The van der Waals surface area contributed by atoms with E-state index in [9.17, 15) is 0 Å². The van der Waals surface area contributed by atoms with Crippen LogP contribution in [0.25, 0.3) is 0 Å². The fourth-order valence-electron chi connectivity index (χ4n) is 2.16. The number of halogens is 1. The van der Waals surface area contributed by atoms with E-state index in [1.54, 1.807) is 0 Å². The Morgan fingerprint density at radius 2 is 1.86 bits per heavy atom. The predicted octanol–water partition coefficient (Wildman–Crippen LogP) is 3.09. The second-order valence-electron chi connectivity index (χ2n) is 4.17. The minimum Gasteiger partial charge on any atom is -0.316 e. The summed E-state index contributed by atoms with van der Waals surface area (Å²) in [7, 11) is 2.05. The maximum Gasteiger partial charge on any atom is 0.0175 e. The average Bonchev–Trinajstić information content (AvgIpc) is 2.99. The highest BCUT2D eigenvalue weighted by atomic mass is 79.9. The van der Waals surface area contributed by atoms with Gasteiger partial charge in [-0.25, -0.2) is 0 Å². The highest BCUT2D eigenvalue weighted by Crippen LogP contribution is 2.50. The van der Waals surface area contributed by atoms with E-state index in [0.717, 1.165) is 4.47 Å². The van der Waals surface area contributed by atoms with Crippen molar-refractivity contribution in [3.63, 3.8) is 0 Å². The van der Waals surface area contributed by atoms with Gasteiger partial charge in [-0.3, -0.25) is 0 Å². The minimum atomic E-state index is 0.412. The van der Waals surface area contributed by atoms with Crippen LogP contribution in [-0.2, 0) is 5.41 Å². The molecule has 1 aliphatic carbocycles. The van der Waals surface area contributed by atoms with Crippen LogP contribution in [0.15, 0.2) is 28.7 Å². The smallest absolute Gasteiger partial charge is 0.0175 e. The molecule has 1 saturated carbocycles. The molecule has 0 aliphatic heterocycles. The molecule has 1 aromatic rings. The largest absolute Gasteiger partial charge is 0.316 e. The normalized spacial score (nSPS) is 20.5. The molecule has 1 aromatic carbocycles. The third-order valence-electron chi connectivity index (χ3n) is 3.47. The van der Waals surface area contributed by atoms with Crippen molar-refractivity contribution in [2.24, 2.45) is 0 Å². The van der Waals surface area contributed by atoms with Gasteiger partial charge in [0.2, 0.25) is 0 Å². The Hall–Kier alpha value is -0.340. The first-order valence-corrected chi connectivity index (χ1v) is 5.92. The second kappa shape index (κ2) is 3.67. The summed E-state index contributed by atoms with van der Waals surface area (Å²) < 4.78 is 1.16. The molecule has 2 heteroatoms. The van der Waals surface area contributed by atoms with Crippen LogP contribution in [-0.4, -0.2) is 13.1 Å². The highest BCUT2D eigenvalue weighted by molar-refractivity contribution is 9.10. The number of likely N-dealkylation sites (N-methyl/N-ethyl adjacent to an activating group) is 1. The van der Waals surface area contributed by atoms with Gasteiger partial charge in [0.05, 0.1) is 0 Å². The number of hydrogen-bond acceptors (Lipinski definition) is 1. The lowest BCUT2D eigenvalue weighted by Crippen LogP contribution is -2.34. The summed E-state index contributed by atoms with van der Waals surface area (Å²) >= 11 is 3.47. The monoisotopic (exact) mass is 253 g/mol. The number of nitrogens with one attached hydrogen (secondary N) is 1. The summed E-state index contributed by atoms with van der Waals surface area (Å²) in [5.41, 5.74) is 1.89. The topological polar surface area (TPSA) is 12.0 Å². The zero-order chi connectivity index (χ0) is 10.2. The van der Waals surface area contributed by atoms with E-state index in [1.807, 2.05) is 7.05 Å². The van der Waals surface area contributed by atoms with Gasteiger partial charge in [0.15, 0.2) is 0 Å². The van der Waals surface area contributed by atoms with Crippen LogP contribution in [0.2, 0.25) is 0 Å². The second-order valence-corrected chi connectivity index (χ2v) is 5.09. The van der Waals surface area contributed by atoms with E-state index < -0.39 is 0 Å². The lowest BCUT2D eigenvalue weighted by atomic mass is 9.89. The van der Waals surface area contributed by atoms with Crippen molar-refractivity contribution in [2.45, 2.75) is 31.2 Å². The fraction of sp³-hybridized carbons (Fsp3) is 0.500. The van der Waals surface area contributed by atoms with E-state index in [1.165, 1.54) is 18.4 Å². The molecule has 0 radical (unpaired) electrons. The number of benzene rings is 1. The summed E-state index contributed by atoms with van der Waals surface area (Å²) in [6.45, 7) is 2.27. The van der Waals surface area contributed by atoms with Crippen molar-refractivity contribution in [2.75, 3.05) is 7.05 Å². The number of rotatable bonds is 3. The molecule has 1 atom stereocenters. The van der Waals surface area contributed by atoms with Crippen molar-refractivity contribution in [1.82, 2.24) is 5.32 Å². The molecule has 0 bridgehead atoms. The Balaban J connectivity index is 2.26. The van der Waals surface area contributed by atoms with Gasteiger partial charge < -0.3 is 5.32 Å². The maximum absolute atomic E-state index is 3.47. The van der Waals surface area contributed by atoms with Crippen molar-refractivity contribution in [3.8, 4) is 0 Å². The fourth-order valence-corrected chi connectivity index (χ4v) is 2.43. The maximum atomic E-state index is 3.47. The van der Waals surface area contributed by atoms with Crippen molar-refractivity contribution >= 4 is 15.9 Å². The summed E-state index contributed by atoms with van der Waals surface area (Å²) in [5, 5.41) is 3.37. The molecule has 0 saturated heterocycles. The van der Waals surface area contributed by atoms with Gasteiger partial charge in [0.1, 0.15) is 0 Å². The molecule has 0 aromatic heterocycles. The first-order valence-electron chi connectivity index (χ1n) is 5.12. The quantitative estimate of drug-likeness (QED) is 0.874. The summed E-state index contributed by atoms with van der Waals surface area (Å²) in [4.78, 5) is 0. The van der Waals surface area contributed by atoms with Gasteiger partial charge in [-0.15, -0.1) is 0 Å². The molecule has 1 nitrogen and oxygen atoms in total. The van der Waals surface area contributed by atoms with Gasteiger partial charge in [0, 0.05) is 15.9 Å². The third-order valence-corrected chi connectivity index (χ3v) is 4.00. The first kappa shape index (κ1) is 10.2. The third kappa shape index (κ3) is 1.61.